The molecule has 7 nitrogen and oxygen atoms in total. The third-order valence-electron chi connectivity index (χ3n) is 5.27. The number of carbonyl (C=O) groups is 2. The highest BCUT2D eigenvalue weighted by atomic mass is 16.4. The Bertz CT molecular complexity index is 1150. The fourth-order valence-electron chi connectivity index (χ4n) is 3.74. The van der Waals surface area contributed by atoms with Crippen LogP contribution in [0, 0.1) is 20.8 Å². The van der Waals surface area contributed by atoms with Gasteiger partial charge in [0.25, 0.3) is 0 Å². The van der Waals surface area contributed by atoms with Crippen LogP contribution in [0.15, 0.2) is 26.0 Å². The lowest BCUT2D eigenvalue weighted by Crippen LogP contribution is -2.48. The molecule has 0 saturated heterocycles. The van der Waals surface area contributed by atoms with E-state index < -0.39 is 23.5 Å². The van der Waals surface area contributed by atoms with Gasteiger partial charge in [-0.2, -0.15) is 0 Å². The number of carbonyl (C=O) groups excluding carboxylic acids is 2. The van der Waals surface area contributed by atoms with Crippen LogP contribution in [0.2, 0.25) is 0 Å². The van der Waals surface area contributed by atoms with E-state index in [0.717, 1.165) is 22.9 Å². The highest BCUT2D eigenvalue weighted by Gasteiger charge is 2.21. The minimum Gasteiger partial charge on any atom is -0.548 e. The van der Waals surface area contributed by atoms with Gasteiger partial charge in [0.1, 0.15) is 11.2 Å². The molecule has 0 unspecified atom stereocenters. The van der Waals surface area contributed by atoms with E-state index in [-0.39, 0.29) is 18.4 Å². The highest BCUT2D eigenvalue weighted by molar-refractivity contribution is 6.07. The molecule has 1 amide bonds. The molecule has 0 fully saturated rings. The van der Waals surface area contributed by atoms with Crippen LogP contribution in [-0.2, 0) is 16.0 Å². The van der Waals surface area contributed by atoms with Gasteiger partial charge in [0.05, 0.1) is 35.6 Å². The van der Waals surface area contributed by atoms with Gasteiger partial charge in [-0.3, -0.25) is 4.79 Å². The monoisotopic (exact) mass is 398 g/mol. The first-order valence-electron chi connectivity index (χ1n) is 9.68. The third-order valence-corrected chi connectivity index (χ3v) is 5.27. The molecule has 1 N–H and O–H groups in total. The fourth-order valence-corrected chi connectivity index (χ4v) is 3.74. The predicted molar refractivity (Wildman–Crippen MR) is 107 cm³/mol. The Morgan fingerprint density at radius 2 is 1.90 bits per heavy atom. The number of hydrogen-bond acceptors (Lipinski definition) is 6. The van der Waals surface area contributed by atoms with Crippen molar-refractivity contribution in [2.24, 2.45) is 0 Å². The fraction of sp³-hybridized carbons (Fsp3) is 0.409. The van der Waals surface area contributed by atoms with E-state index in [9.17, 15) is 19.5 Å². The van der Waals surface area contributed by atoms with Crippen molar-refractivity contribution in [1.82, 2.24) is 5.32 Å². The van der Waals surface area contributed by atoms with Crippen LogP contribution in [0.3, 0.4) is 0 Å². The second-order valence-electron chi connectivity index (χ2n) is 7.44. The van der Waals surface area contributed by atoms with Gasteiger partial charge in [-0.25, -0.2) is 4.79 Å². The van der Waals surface area contributed by atoms with Crippen molar-refractivity contribution in [3.63, 3.8) is 0 Å². The number of nitrogens with one attached hydrogen (secondary N) is 1. The van der Waals surface area contributed by atoms with Crippen LogP contribution in [0.1, 0.15) is 48.4 Å². The molecule has 0 spiro atoms. The second-order valence-corrected chi connectivity index (χ2v) is 7.44. The summed E-state index contributed by atoms with van der Waals surface area (Å²) in [7, 11) is 0. The van der Waals surface area contributed by atoms with Crippen molar-refractivity contribution >= 4 is 33.8 Å². The molecule has 29 heavy (non-hydrogen) atoms. The zero-order chi connectivity index (χ0) is 21.3. The summed E-state index contributed by atoms with van der Waals surface area (Å²) in [4.78, 5) is 36.2. The number of aryl methyl sites for hydroxylation is 3. The summed E-state index contributed by atoms with van der Waals surface area (Å²) in [5, 5.41) is 15.3. The summed E-state index contributed by atoms with van der Waals surface area (Å²) in [6, 6.07) is 0.701. The topological polar surface area (TPSA) is 113 Å². The first kappa shape index (κ1) is 20.6. The average Bonchev–Trinajstić information content (AvgIpc) is 3.03. The van der Waals surface area contributed by atoms with E-state index in [4.69, 9.17) is 8.83 Å². The van der Waals surface area contributed by atoms with Gasteiger partial charge in [0.2, 0.25) is 5.91 Å². The Labute approximate surface area is 167 Å². The zero-order valence-electron chi connectivity index (χ0n) is 17.0. The van der Waals surface area contributed by atoms with Crippen LogP contribution in [0.5, 0.6) is 0 Å². The number of rotatable bonds is 7. The molecular formula is C22H24NO6-. The molecule has 2 aromatic heterocycles. The van der Waals surface area contributed by atoms with E-state index >= 15 is 0 Å². The SMILES string of the molecule is CCCC[C@@H](NC(=O)Cc1c(C)c2c(cc(C)c3c(C)coc32)oc1=O)C(=O)[O-]. The molecule has 0 bridgehead atoms. The Morgan fingerprint density at radius 1 is 1.17 bits per heavy atom. The number of carboxylic acid groups (broad SMARTS) is 1. The maximum absolute atomic E-state index is 12.5. The largest absolute Gasteiger partial charge is 0.548 e. The number of unbranched alkanes of at least 4 members (excludes halogenated alkanes) is 1. The average molecular weight is 398 g/mol. The molecule has 0 aliphatic heterocycles. The van der Waals surface area contributed by atoms with E-state index in [0.29, 0.717) is 28.5 Å². The predicted octanol–water partition coefficient (Wildman–Crippen LogP) is 2.43. The number of aliphatic carboxylic acids is 1. The van der Waals surface area contributed by atoms with Crippen LogP contribution < -0.4 is 16.0 Å². The van der Waals surface area contributed by atoms with Crippen molar-refractivity contribution in [1.29, 1.82) is 0 Å². The minimum absolute atomic E-state index is 0.182. The first-order chi connectivity index (χ1) is 13.7. The van der Waals surface area contributed by atoms with Gasteiger partial charge in [-0.15, -0.1) is 0 Å². The van der Waals surface area contributed by atoms with Crippen molar-refractivity contribution in [2.75, 3.05) is 0 Å². The van der Waals surface area contributed by atoms with Gasteiger partial charge >= 0.3 is 5.63 Å². The molecule has 3 aromatic rings. The lowest BCUT2D eigenvalue weighted by molar-refractivity contribution is -0.308. The summed E-state index contributed by atoms with van der Waals surface area (Å²) in [6.07, 6.45) is 3.08. The molecule has 0 saturated carbocycles. The summed E-state index contributed by atoms with van der Waals surface area (Å²) < 4.78 is 11.2. The lowest BCUT2D eigenvalue weighted by atomic mass is 9.98. The minimum atomic E-state index is -1.34. The van der Waals surface area contributed by atoms with E-state index in [1.165, 1.54) is 0 Å². The summed E-state index contributed by atoms with van der Waals surface area (Å²) in [5.74, 6) is -1.90. The smallest absolute Gasteiger partial charge is 0.340 e. The number of carboxylic acids is 1. The molecule has 3 rings (SSSR count). The highest BCUT2D eigenvalue weighted by Crippen LogP contribution is 2.34. The molecule has 7 heteroatoms. The van der Waals surface area contributed by atoms with Crippen LogP contribution in [-0.4, -0.2) is 17.9 Å². The number of fused-ring (bicyclic) bond motifs is 3. The molecule has 1 atom stereocenters. The van der Waals surface area contributed by atoms with Gasteiger partial charge < -0.3 is 24.1 Å². The van der Waals surface area contributed by atoms with E-state index in [2.05, 4.69) is 5.32 Å². The summed E-state index contributed by atoms with van der Waals surface area (Å²) in [5.41, 5.74) is 3.05. The molecule has 1 aromatic carbocycles. The van der Waals surface area contributed by atoms with Crippen molar-refractivity contribution in [3.05, 3.63) is 45.0 Å². The Balaban J connectivity index is 2.00. The number of furan rings is 1. The quantitative estimate of drug-likeness (QED) is 0.612. The molecule has 0 aliphatic carbocycles. The number of amides is 1. The molecular weight excluding hydrogens is 374 g/mol. The summed E-state index contributed by atoms with van der Waals surface area (Å²) >= 11 is 0. The van der Waals surface area contributed by atoms with Crippen LogP contribution in [0.25, 0.3) is 21.9 Å². The normalized spacial score (nSPS) is 12.4. The van der Waals surface area contributed by atoms with Gasteiger partial charge in [-0.1, -0.05) is 19.8 Å². The number of benzene rings is 1. The Hall–Kier alpha value is -3.09. The molecule has 0 radical (unpaired) electrons. The first-order valence-corrected chi connectivity index (χ1v) is 9.68. The Kier molecular flexibility index (Phi) is 5.77. The van der Waals surface area contributed by atoms with E-state index in [1.54, 1.807) is 19.3 Å². The molecule has 2 heterocycles. The molecule has 0 aliphatic rings. The van der Waals surface area contributed by atoms with Crippen LogP contribution in [0.4, 0.5) is 0 Å². The summed E-state index contributed by atoms with van der Waals surface area (Å²) in [6.45, 7) is 7.51. The van der Waals surface area contributed by atoms with E-state index in [1.807, 2.05) is 20.8 Å². The maximum Gasteiger partial charge on any atom is 0.340 e. The maximum atomic E-state index is 12.5. The third kappa shape index (κ3) is 3.90. The standard InChI is InChI=1S/C22H25NO6/c1-5-6-7-15(21(25)26)23-17(24)9-14-13(4)19-16(29-22(14)27)8-11(2)18-12(3)10-28-20(18)19/h8,10,15H,5-7,9H2,1-4H3,(H,23,24)(H,25,26)/p-1/t15-/m1/s1. The Morgan fingerprint density at radius 3 is 2.55 bits per heavy atom. The zero-order valence-corrected chi connectivity index (χ0v) is 17.0. The van der Waals surface area contributed by atoms with Gasteiger partial charge in [-0.05, 0) is 49.9 Å². The van der Waals surface area contributed by atoms with Crippen molar-refractivity contribution in [2.45, 2.75) is 59.4 Å². The van der Waals surface area contributed by atoms with Crippen LogP contribution >= 0.6 is 0 Å². The van der Waals surface area contributed by atoms with Gasteiger partial charge in [0.15, 0.2) is 0 Å². The molecule has 154 valence electrons. The number of hydrogen-bond donors (Lipinski definition) is 1. The lowest BCUT2D eigenvalue weighted by Gasteiger charge is -2.19. The second kappa shape index (κ2) is 8.11. The van der Waals surface area contributed by atoms with Gasteiger partial charge in [0, 0.05) is 5.39 Å². The van der Waals surface area contributed by atoms with Crippen molar-refractivity contribution in [3.8, 4) is 0 Å². The van der Waals surface area contributed by atoms with Crippen molar-refractivity contribution < 1.29 is 23.5 Å².